The average molecular weight is 245 g/mol. The van der Waals surface area contributed by atoms with Gasteiger partial charge in [0.1, 0.15) is 6.26 Å². The molecule has 0 radical (unpaired) electrons. The zero-order chi connectivity index (χ0) is 12.8. The van der Waals surface area contributed by atoms with Crippen LogP contribution in [0.2, 0.25) is 0 Å². The summed E-state index contributed by atoms with van der Waals surface area (Å²) < 4.78 is 4.90. The summed E-state index contributed by atoms with van der Waals surface area (Å²) in [4.78, 5) is 13.8. The lowest BCUT2D eigenvalue weighted by molar-refractivity contribution is 0.0707. The van der Waals surface area contributed by atoms with Crippen molar-refractivity contribution < 1.29 is 14.3 Å². The fourth-order valence-electron chi connectivity index (χ4n) is 1.75. The van der Waals surface area contributed by atoms with Crippen LogP contribution < -0.4 is 0 Å². The van der Waals surface area contributed by atoms with Crippen molar-refractivity contribution in [1.82, 2.24) is 4.90 Å². The summed E-state index contributed by atoms with van der Waals surface area (Å²) in [6, 6.07) is 11.3. The van der Waals surface area contributed by atoms with Crippen LogP contribution in [0, 0.1) is 0 Å². The smallest absolute Gasteiger partial charge is 0.257 e. The van der Waals surface area contributed by atoms with E-state index in [0.29, 0.717) is 18.7 Å². The third-order valence-corrected chi connectivity index (χ3v) is 2.64. The first-order valence-electron chi connectivity index (χ1n) is 5.77. The fourth-order valence-corrected chi connectivity index (χ4v) is 1.75. The van der Waals surface area contributed by atoms with Gasteiger partial charge in [-0.05, 0) is 11.6 Å². The van der Waals surface area contributed by atoms with E-state index in [9.17, 15) is 4.79 Å². The molecule has 1 heterocycles. The molecule has 0 saturated heterocycles. The molecular weight excluding hydrogens is 230 g/mol. The molecule has 4 nitrogen and oxygen atoms in total. The SMILES string of the molecule is O=C(c1ccoc1)N(CCO)Cc1ccccc1. The van der Waals surface area contributed by atoms with Crippen LogP contribution in [0.15, 0.2) is 53.3 Å². The number of benzene rings is 1. The van der Waals surface area contributed by atoms with E-state index >= 15 is 0 Å². The minimum atomic E-state index is -0.137. The molecule has 0 fully saturated rings. The fraction of sp³-hybridized carbons (Fsp3) is 0.214. The maximum Gasteiger partial charge on any atom is 0.257 e. The largest absolute Gasteiger partial charge is 0.472 e. The molecule has 1 N–H and O–H groups in total. The third-order valence-electron chi connectivity index (χ3n) is 2.64. The Bertz CT molecular complexity index is 479. The molecule has 94 valence electrons. The van der Waals surface area contributed by atoms with Gasteiger partial charge in [0.15, 0.2) is 0 Å². The van der Waals surface area contributed by atoms with Crippen LogP contribution in [0.5, 0.6) is 0 Å². The number of hydrogen-bond donors (Lipinski definition) is 1. The third kappa shape index (κ3) is 2.99. The van der Waals surface area contributed by atoms with Crippen LogP contribution in [0.1, 0.15) is 15.9 Å². The molecule has 1 amide bonds. The van der Waals surface area contributed by atoms with Crippen molar-refractivity contribution in [1.29, 1.82) is 0 Å². The average Bonchev–Trinajstić information content (AvgIpc) is 2.92. The lowest BCUT2D eigenvalue weighted by atomic mass is 10.2. The molecule has 1 aromatic heterocycles. The van der Waals surface area contributed by atoms with Crippen molar-refractivity contribution in [2.24, 2.45) is 0 Å². The second-order valence-corrected chi connectivity index (χ2v) is 3.95. The van der Waals surface area contributed by atoms with Crippen LogP contribution in [0.4, 0.5) is 0 Å². The molecule has 0 aliphatic carbocycles. The normalized spacial score (nSPS) is 10.3. The molecular formula is C14H15NO3. The summed E-state index contributed by atoms with van der Waals surface area (Å²) in [5, 5.41) is 9.04. The molecule has 1 aromatic carbocycles. The van der Waals surface area contributed by atoms with Crippen molar-refractivity contribution in [2.75, 3.05) is 13.2 Å². The quantitative estimate of drug-likeness (QED) is 0.875. The van der Waals surface area contributed by atoms with Gasteiger partial charge in [-0.1, -0.05) is 30.3 Å². The lowest BCUT2D eigenvalue weighted by Gasteiger charge is -2.21. The zero-order valence-corrected chi connectivity index (χ0v) is 9.95. The van der Waals surface area contributed by atoms with Gasteiger partial charge in [-0.2, -0.15) is 0 Å². The Morgan fingerprint density at radius 1 is 1.22 bits per heavy atom. The van der Waals surface area contributed by atoms with Crippen molar-refractivity contribution in [2.45, 2.75) is 6.54 Å². The number of furan rings is 1. The minimum Gasteiger partial charge on any atom is -0.472 e. The van der Waals surface area contributed by atoms with Crippen LogP contribution in [0.3, 0.4) is 0 Å². The molecule has 0 aliphatic rings. The molecule has 18 heavy (non-hydrogen) atoms. The second kappa shape index (κ2) is 6.02. The van der Waals surface area contributed by atoms with Gasteiger partial charge >= 0.3 is 0 Å². The van der Waals surface area contributed by atoms with Gasteiger partial charge in [0.05, 0.1) is 18.4 Å². The highest BCUT2D eigenvalue weighted by atomic mass is 16.3. The Labute approximate surface area is 105 Å². The Morgan fingerprint density at radius 2 is 2.00 bits per heavy atom. The summed E-state index contributed by atoms with van der Waals surface area (Å²) >= 11 is 0. The maximum atomic E-state index is 12.2. The molecule has 0 saturated carbocycles. The summed E-state index contributed by atoms with van der Waals surface area (Å²) in [7, 11) is 0. The predicted molar refractivity (Wildman–Crippen MR) is 67.0 cm³/mol. The molecule has 0 unspecified atom stereocenters. The minimum absolute atomic E-state index is 0.0591. The van der Waals surface area contributed by atoms with Gasteiger partial charge in [0, 0.05) is 13.1 Å². The standard InChI is InChI=1S/C14H15NO3/c16-8-7-15(10-12-4-2-1-3-5-12)14(17)13-6-9-18-11-13/h1-6,9,11,16H,7-8,10H2. The second-order valence-electron chi connectivity index (χ2n) is 3.95. The number of amides is 1. The first kappa shape index (κ1) is 12.4. The Morgan fingerprint density at radius 3 is 2.61 bits per heavy atom. The highest BCUT2D eigenvalue weighted by Crippen LogP contribution is 2.10. The molecule has 0 atom stereocenters. The highest BCUT2D eigenvalue weighted by molar-refractivity contribution is 5.93. The summed E-state index contributed by atoms with van der Waals surface area (Å²) in [6.07, 6.45) is 2.88. The number of nitrogens with zero attached hydrogens (tertiary/aromatic N) is 1. The number of aliphatic hydroxyl groups is 1. The number of carbonyl (C=O) groups excluding carboxylic acids is 1. The molecule has 0 spiro atoms. The number of hydrogen-bond acceptors (Lipinski definition) is 3. The molecule has 0 bridgehead atoms. The Hall–Kier alpha value is -2.07. The van der Waals surface area contributed by atoms with Gasteiger partial charge in [-0.25, -0.2) is 0 Å². The highest BCUT2D eigenvalue weighted by Gasteiger charge is 2.16. The van der Waals surface area contributed by atoms with E-state index in [0.717, 1.165) is 5.56 Å². The van der Waals surface area contributed by atoms with Gasteiger partial charge in [0.2, 0.25) is 0 Å². The molecule has 0 aliphatic heterocycles. The van der Waals surface area contributed by atoms with E-state index in [-0.39, 0.29) is 12.5 Å². The van der Waals surface area contributed by atoms with Crippen molar-refractivity contribution in [3.05, 3.63) is 60.1 Å². The lowest BCUT2D eigenvalue weighted by Crippen LogP contribution is -2.32. The number of rotatable bonds is 5. The molecule has 2 aromatic rings. The zero-order valence-electron chi connectivity index (χ0n) is 9.95. The Balaban J connectivity index is 2.11. The molecule has 4 heteroatoms. The Kier molecular flexibility index (Phi) is 4.15. The molecule has 2 rings (SSSR count). The predicted octanol–water partition coefficient (Wildman–Crippen LogP) is 1.91. The number of carbonyl (C=O) groups is 1. The summed E-state index contributed by atoms with van der Waals surface area (Å²) in [5.74, 6) is -0.137. The summed E-state index contributed by atoms with van der Waals surface area (Å²) in [6.45, 7) is 0.723. The van der Waals surface area contributed by atoms with Gasteiger partial charge < -0.3 is 14.4 Å². The first-order chi connectivity index (χ1) is 8.81. The van der Waals surface area contributed by atoms with Gasteiger partial charge in [-0.3, -0.25) is 4.79 Å². The van der Waals surface area contributed by atoms with E-state index in [1.807, 2.05) is 30.3 Å². The monoisotopic (exact) mass is 245 g/mol. The van der Waals surface area contributed by atoms with Crippen LogP contribution in [-0.2, 0) is 6.54 Å². The van der Waals surface area contributed by atoms with E-state index in [4.69, 9.17) is 9.52 Å². The van der Waals surface area contributed by atoms with Gasteiger partial charge in [-0.15, -0.1) is 0 Å². The van der Waals surface area contributed by atoms with Crippen molar-refractivity contribution in [3.63, 3.8) is 0 Å². The van der Waals surface area contributed by atoms with E-state index in [2.05, 4.69) is 0 Å². The first-order valence-corrected chi connectivity index (χ1v) is 5.77. The van der Waals surface area contributed by atoms with Crippen molar-refractivity contribution >= 4 is 5.91 Å². The van der Waals surface area contributed by atoms with Crippen LogP contribution in [0.25, 0.3) is 0 Å². The van der Waals surface area contributed by atoms with Crippen LogP contribution in [-0.4, -0.2) is 29.1 Å². The van der Waals surface area contributed by atoms with Gasteiger partial charge in [0.25, 0.3) is 5.91 Å². The van der Waals surface area contributed by atoms with E-state index in [1.54, 1.807) is 11.0 Å². The van der Waals surface area contributed by atoms with Crippen molar-refractivity contribution in [3.8, 4) is 0 Å². The topological polar surface area (TPSA) is 53.7 Å². The number of aliphatic hydroxyl groups excluding tert-OH is 1. The van der Waals surface area contributed by atoms with E-state index < -0.39 is 0 Å². The maximum absolute atomic E-state index is 12.2. The van der Waals surface area contributed by atoms with E-state index in [1.165, 1.54) is 12.5 Å². The summed E-state index contributed by atoms with van der Waals surface area (Å²) in [5.41, 5.74) is 1.53. The van der Waals surface area contributed by atoms with Crippen LogP contribution >= 0.6 is 0 Å².